The van der Waals surface area contributed by atoms with Gasteiger partial charge in [-0.15, -0.1) is 0 Å². The number of rotatable bonds is 27. The van der Waals surface area contributed by atoms with E-state index < -0.39 is 12.1 Å². The van der Waals surface area contributed by atoms with Crippen molar-refractivity contribution >= 4 is 5.91 Å². The van der Waals surface area contributed by atoms with Gasteiger partial charge in [-0.1, -0.05) is 136 Å². The molecule has 0 aliphatic carbocycles. The van der Waals surface area contributed by atoms with Crippen molar-refractivity contribution in [1.29, 1.82) is 0 Å². The third-order valence-electron chi connectivity index (χ3n) is 7.22. The summed E-state index contributed by atoms with van der Waals surface area (Å²) in [7, 11) is 0. The van der Waals surface area contributed by atoms with E-state index in [0.29, 0.717) is 12.3 Å². The minimum atomic E-state index is -4.77. The summed E-state index contributed by atoms with van der Waals surface area (Å²) in [5.41, 5.74) is 0. The van der Waals surface area contributed by atoms with Gasteiger partial charge >= 0.3 is 12.1 Å². The van der Waals surface area contributed by atoms with Crippen molar-refractivity contribution in [3.05, 3.63) is 0 Å². The lowest BCUT2D eigenvalue weighted by atomic mass is 9.90. The molecule has 1 atom stereocenters. The van der Waals surface area contributed by atoms with Crippen LogP contribution in [0.4, 0.5) is 13.2 Å². The summed E-state index contributed by atoms with van der Waals surface area (Å²) in [6.45, 7) is 6.82. The van der Waals surface area contributed by atoms with Gasteiger partial charge in [0.15, 0.2) is 0 Å². The molecule has 0 spiro atoms. The van der Waals surface area contributed by atoms with Crippen LogP contribution in [-0.4, -0.2) is 31.7 Å². The maximum Gasteiger partial charge on any atom is 0.471 e. The Hall–Kier alpha value is -0.780. The molecule has 0 bridgehead atoms. The Morgan fingerprint density at radius 1 is 0.556 bits per heavy atom. The molecular weight excluding hydrogens is 461 g/mol. The highest BCUT2D eigenvalue weighted by molar-refractivity contribution is 5.81. The molecule has 0 heterocycles. The predicted octanol–water partition coefficient (Wildman–Crippen LogP) is 9.49. The minimum absolute atomic E-state index is 0.115. The lowest BCUT2D eigenvalue weighted by molar-refractivity contribution is -0.173. The molecule has 216 valence electrons. The highest BCUT2D eigenvalue weighted by atomic mass is 19.4. The van der Waals surface area contributed by atoms with E-state index in [1.54, 1.807) is 0 Å². The second-order valence-corrected chi connectivity index (χ2v) is 10.7. The maximum absolute atomic E-state index is 12.3. The second kappa shape index (κ2) is 25.9. The molecule has 0 aromatic carbocycles. The standard InChI is InChI=1S/C30H59F3N2O/c1-3-5-7-9-10-11-12-13-14-15-19-25-34-26-20-17-23-28(22-16-8-6-4-2)24-18-21-27-35-29(36)30(31,32)33/h28,34H,3-27H2,1-2H3,(H,35,36). The van der Waals surface area contributed by atoms with Crippen LogP contribution in [0, 0.1) is 5.92 Å². The van der Waals surface area contributed by atoms with Crippen LogP contribution in [0.3, 0.4) is 0 Å². The SMILES string of the molecule is CCCCCCCCCCCCCNCCCCC(CCCCCC)CCCCNC(=O)C(F)(F)F. The van der Waals surface area contributed by atoms with Crippen LogP contribution in [0.2, 0.25) is 0 Å². The number of hydrogen-bond acceptors (Lipinski definition) is 2. The molecule has 0 rings (SSSR count). The fourth-order valence-electron chi connectivity index (χ4n) is 4.88. The van der Waals surface area contributed by atoms with Crippen molar-refractivity contribution in [1.82, 2.24) is 10.6 Å². The Kier molecular flexibility index (Phi) is 25.3. The molecule has 2 N–H and O–H groups in total. The van der Waals surface area contributed by atoms with Gasteiger partial charge in [0.1, 0.15) is 0 Å². The normalized spacial score (nSPS) is 12.7. The third-order valence-corrected chi connectivity index (χ3v) is 7.22. The first-order chi connectivity index (χ1) is 17.4. The van der Waals surface area contributed by atoms with E-state index in [1.807, 2.05) is 5.32 Å². The summed E-state index contributed by atoms with van der Waals surface area (Å²) in [6.07, 6.45) is 22.8. The van der Waals surface area contributed by atoms with Gasteiger partial charge in [0.05, 0.1) is 0 Å². The average Bonchev–Trinajstić information content (AvgIpc) is 2.84. The Bertz CT molecular complexity index is 472. The Labute approximate surface area is 221 Å². The zero-order valence-corrected chi connectivity index (χ0v) is 23.8. The van der Waals surface area contributed by atoms with Gasteiger partial charge in [-0.3, -0.25) is 4.79 Å². The van der Waals surface area contributed by atoms with Crippen LogP contribution in [0.15, 0.2) is 0 Å². The van der Waals surface area contributed by atoms with Crippen LogP contribution >= 0.6 is 0 Å². The minimum Gasteiger partial charge on any atom is -0.348 e. The molecule has 0 saturated heterocycles. The van der Waals surface area contributed by atoms with Crippen LogP contribution in [0.1, 0.15) is 155 Å². The summed E-state index contributed by atoms with van der Waals surface area (Å²) < 4.78 is 36.8. The van der Waals surface area contributed by atoms with Gasteiger partial charge in [-0.05, 0) is 38.3 Å². The predicted molar refractivity (Wildman–Crippen MR) is 148 cm³/mol. The molecular formula is C30H59F3N2O. The van der Waals surface area contributed by atoms with E-state index in [4.69, 9.17) is 0 Å². The van der Waals surface area contributed by atoms with Crippen LogP contribution < -0.4 is 10.6 Å². The second-order valence-electron chi connectivity index (χ2n) is 10.7. The molecule has 6 heteroatoms. The number of halogens is 3. The smallest absolute Gasteiger partial charge is 0.348 e. The first-order valence-electron chi connectivity index (χ1n) is 15.5. The fourth-order valence-corrected chi connectivity index (χ4v) is 4.88. The Morgan fingerprint density at radius 3 is 1.39 bits per heavy atom. The third kappa shape index (κ3) is 24.9. The molecule has 1 amide bonds. The molecule has 0 aliphatic rings. The molecule has 0 aromatic heterocycles. The molecule has 0 aliphatic heterocycles. The van der Waals surface area contributed by atoms with Crippen molar-refractivity contribution in [2.24, 2.45) is 5.92 Å². The molecule has 0 fully saturated rings. The quantitative estimate of drug-likeness (QED) is 0.106. The molecule has 3 nitrogen and oxygen atoms in total. The molecule has 0 aromatic rings. The van der Waals surface area contributed by atoms with Crippen molar-refractivity contribution in [2.75, 3.05) is 19.6 Å². The number of hydrogen-bond donors (Lipinski definition) is 2. The van der Waals surface area contributed by atoms with Gasteiger partial charge in [0.2, 0.25) is 0 Å². The van der Waals surface area contributed by atoms with Crippen molar-refractivity contribution in [3.63, 3.8) is 0 Å². The van der Waals surface area contributed by atoms with E-state index in [9.17, 15) is 18.0 Å². The van der Waals surface area contributed by atoms with Crippen LogP contribution in [0.5, 0.6) is 0 Å². The topological polar surface area (TPSA) is 41.1 Å². The van der Waals surface area contributed by atoms with E-state index in [0.717, 1.165) is 25.9 Å². The van der Waals surface area contributed by atoms with Gasteiger partial charge in [-0.2, -0.15) is 13.2 Å². The van der Waals surface area contributed by atoms with Gasteiger partial charge in [0, 0.05) is 6.54 Å². The van der Waals surface area contributed by atoms with Crippen LogP contribution in [-0.2, 0) is 4.79 Å². The lowest BCUT2D eigenvalue weighted by Crippen LogP contribution is -2.37. The first-order valence-corrected chi connectivity index (χ1v) is 15.5. The maximum atomic E-state index is 12.3. The molecule has 36 heavy (non-hydrogen) atoms. The largest absolute Gasteiger partial charge is 0.471 e. The zero-order valence-electron chi connectivity index (χ0n) is 23.8. The summed E-state index contributed by atoms with van der Waals surface area (Å²) >= 11 is 0. The highest BCUT2D eigenvalue weighted by Crippen LogP contribution is 2.23. The number of unbranched alkanes of at least 4 members (excludes halogenated alkanes) is 15. The Morgan fingerprint density at radius 2 is 0.917 bits per heavy atom. The van der Waals surface area contributed by atoms with Gasteiger partial charge in [0.25, 0.3) is 0 Å². The summed E-state index contributed by atoms with van der Waals surface area (Å²) in [4.78, 5) is 10.9. The van der Waals surface area contributed by atoms with Crippen molar-refractivity contribution < 1.29 is 18.0 Å². The number of alkyl halides is 3. The number of carbonyl (C=O) groups is 1. The molecule has 0 saturated carbocycles. The van der Waals surface area contributed by atoms with Crippen molar-refractivity contribution in [2.45, 2.75) is 161 Å². The van der Waals surface area contributed by atoms with Crippen LogP contribution in [0.25, 0.3) is 0 Å². The lowest BCUT2D eigenvalue weighted by Gasteiger charge is -2.17. The fraction of sp³-hybridized carbons (Fsp3) is 0.967. The van der Waals surface area contributed by atoms with Gasteiger partial charge in [-0.25, -0.2) is 0 Å². The summed E-state index contributed by atoms with van der Waals surface area (Å²) in [5.74, 6) is -1.16. The van der Waals surface area contributed by atoms with E-state index >= 15 is 0 Å². The van der Waals surface area contributed by atoms with E-state index in [-0.39, 0.29) is 6.54 Å². The van der Waals surface area contributed by atoms with E-state index in [2.05, 4.69) is 19.2 Å². The molecule has 0 radical (unpaired) electrons. The monoisotopic (exact) mass is 520 g/mol. The number of carbonyl (C=O) groups excluding carboxylic acids is 1. The first kappa shape index (κ1) is 35.2. The van der Waals surface area contributed by atoms with E-state index in [1.165, 1.54) is 122 Å². The van der Waals surface area contributed by atoms with Crippen molar-refractivity contribution in [3.8, 4) is 0 Å². The molecule has 1 unspecified atom stereocenters. The van der Waals surface area contributed by atoms with Gasteiger partial charge < -0.3 is 10.6 Å². The zero-order chi connectivity index (χ0) is 26.7. The number of amides is 1. The summed E-state index contributed by atoms with van der Waals surface area (Å²) in [6, 6.07) is 0. The summed E-state index contributed by atoms with van der Waals surface area (Å²) in [5, 5.41) is 5.59. The Balaban J connectivity index is 3.71. The highest BCUT2D eigenvalue weighted by Gasteiger charge is 2.38. The average molecular weight is 521 g/mol. The number of nitrogens with one attached hydrogen (secondary N) is 2.